The summed E-state index contributed by atoms with van der Waals surface area (Å²) in [5.74, 6) is 2.31. The average molecular weight is 536 g/mol. The second-order valence-corrected chi connectivity index (χ2v) is 8.99. The fourth-order valence-corrected chi connectivity index (χ4v) is 4.75. The predicted octanol–water partition coefficient (Wildman–Crippen LogP) is 3.34. The molecule has 1 atom stereocenters. The minimum Gasteiger partial charge on any atom is -0.450 e. The number of amides is 1. The van der Waals surface area contributed by atoms with Gasteiger partial charge in [-0.1, -0.05) is 19.3 Å². The van der Waals surface area contributed by atoms with Crippen molar-refractivity contribution in [2.24, 2.45) is 16.8 Å². The van der Waals surface area contributed by atoms with E-state index in [0.717, 1.165) is 11.9 Å². The number of hydrogen-bond donors (Lipinski definition) is 3. The number of likely N-dealkylation sites (tertiary alicyclic amines) is 1. The summed E-state index contributed by atoms with van der Waals surface area (Å²) in [6.45, 7) is 6.57. The third kappa shape index (κ3) is 8.77. The van der Waals surface area contributed by atoms with Gasteiger partial charge in [0.05, 0.1) is 12.6 Å². The van der Waals surface area contributed by atoms with E-state index in [-0.39, 0.29) is 36.1 Å². The number of piperidine rings is 1. The lowest BCUT2D eigenvalue weighted by Gasteiger charge is -2.36. The SMILES string of the molecule is CCOC(=O)NC(CNC(=NC)NC1CCN(CC2CCCCC2)CC1)C1CC1.I. The lowest BCUT2D eigenvalue weighted by atomic mass is 9.88. The van der Waals surface area contributed by atoms with Crippen molar-refractivity contribution in [3.8, 4) is 0 Å². The summed E-state index contributed by atoms with van der Waals surface area (Å²) in [7, 11) is 1.82. The highest BCUT2D eigenvalue weighted by Gasteiger charge is 2.33. The number of halogens is 1. The van der Waals surface area contributed by atoms with Crippen LogP contribution in [0, 0.1) is 11.8 Å². The molecule has 0 aromatic carbocycles. The normalized spacial score (nSPS) is 22.7. The van der Waals surface area contributed by atoms with E-state index in [2.05, 4.69) is 25.8 Å². The predicted molar refractivity (Wildman–Crippen MR) is 133 cm³/mol. The Balaban J connectivity index is 0.00000320. The third-order valence-corrected chi connectivity index (χ3v) is 6.65. The molecule has 0 spiro atoms. The van der Waals surface area contributed by atoms with Gasteiger partial charge in [-0.25, -0.2) is 4.79 Å². The lowest BCUT2D eigenvalue weighted by Crippen LogP contribution is -2.52. The molecule has 1 amide bonds. The number of ether oxygens (including phenoxy) is 1. The van der Waals surface area contributed by atoms with Crippen LogP contribution in [0.3, 0.4) is 0 Å². The van der Waals surface area contributed by atoms with Crippen LogP contribution in [0.2, 0.25) is 0 Å². The summed E-state index contributed by atoms with van der Waals surface area (Å²) in [4.78, 5) is 18.8. The summed E-state index contributed by atoms with van der Waals surface area (Å²) in [5.41, 5.74) is 0. The Bertz CT molecular complexity index is 530. The number of carbonyl (C=O) groups is 1. The number of nitrogens with zero attached hydrogens (tertiary/aromatic N) is 2. The maximum absolute atomic E-state index is 11.8. The molecule has 1 aliphatic heterocycles. The van der Waals surface area contributed by atoms with E-state index in [1.165, 1.54) is 77.4 Å². The van der Waals surface area contributed by atoms with Crippen LogP contribution >= 0.6 is 24.0 Å². The zero-order chi connectivity index (χ0) is 20.5. The summed E-state index contributed by atoms with van der Waals surface area (Å²) >= 11 is 0. The maximum Gasteiger partial charge on any atom is 0.407 e. The standard InChI is InChI=1S/C22H41N5O2.HI/c1-3-29-22(28)26-20(18-9-10-18)15-24-21(23-2)25-19-11-13-27(14-12-19)16-17-7-5-4-6-8-17;/h17-20H,3-16H2,1-2H3,(H,26,28)(H2,23,24,25);1H. The van der Waals surface area contributed by atoms with Gasteiger partial charge in [-0.2, -0.15) is 0 Å². The molecule has 1 saturated heterocycles. The molecule has 3 rings (SSSR count). The zero-order valence-electron chi connectivity index (χ0n) is 18.8. The van der Waals surface area contributed by atoms with Crippen molar-refractivity contribution in [2.75, 3.05) is 39.8 Å². The van der Waals surface area contributed by atoms with E-state index >= 15 is 0 Å². The first-order valence-electron chi connectivity index (χ1n) is 11.8. The molecule has 0 bridgehead atoms. The summed E-state index contributed by atoms with van der Waals surface area (Å²) in [6, 6.07) is 0.575. The van der Waals surface area contributed by atoms with E-state index in [1.807, 2.05) is 14.0 Å². The summed E-state index contributed by atoms with van der Waals surface area (Å²) in [5, 5.41) is 10.0. The van der Waals surface area contributed by atoms with Gasteiger partial charge in [0.15, 0.2) is 5.96 Å². The fraction of sp³-hybridized carbons (Fsp3) is 0.909. The molecule has 2 saturated carbocycles. The van der Waals surface area contributed by atoms with Crippen LogP contribution in [0.15, 0.2) is 4.99 Å². The Hall–Kier alpha value is -0.770. The molecule has 1 heterocycles. The Kier molecular flexibility index (Phi) is 11.6. The van der Waals surface area contributed by atoms with Gasteiger partial charge in [0.2, 0.25) is 0 Å². The second kappa shape index (κ2) is 13.6. The molecule has 3 aliphatic rings. The van der Waals surface area contributed by atoms with Crippen molar-refractivity contribution < 1.29 is 9.53 Å². The highest BCUT2D eigenvalue weighted by atomic mass is 127. The topological polar surface area (TPSA) is 78.0 Å². The Labute approximate surface area is 199 Å². The van der Waals surface area contributed by atoms with Crippen molar-refractivity contribution in [1.29, 1.82) is 0 Å². The van der Waals surface area contributed by atoms with Crippen LogP contribution in [0.1, 0.15) is 64.7 Å². The molecule has 30 heavy (non-hydrogen) atoms. The van der Waals surface area contributed by atoms with Crippen LogP contribution in [0.5, 0.6) is 0 Å². The number of alkyl carbamates (subject to hydrolysis) is 1. The molecule has 3 N–H and O–H groups in total. The molecule has 0 aromatic rings. The lowest BCUT2D eigenvalue weighted by molar-refractivity contribution is 0.146. The largest absolute Gasteiger partial charge is 0.450 e. The Morgan fingerprint density at radius 1 is 1.10 bits per heavy atom. The third-order valence-electron chi connectivity index (χ3n) is 6.65. The maximum atomic E-state index is 11.8. The van der Waals surface area contributed by atoms with E-state index in [9.17, 15) is 4.79 Å². The first kappa shape index (κ1) is 25.5. The minimum absolute atomic E-state index is 0. The molecule has 1 unspecified atom stereocenters. The average Bonchev–Trinajstić information content (AvgIpc) is 3.57. The van der Waals surface area contributed by atoms with E-state index in [4.69, 9.17) is 4.74 Å². The summed E-state index contributed by atoms with van der Waals surface area (Å²) in [6.07, 6.45) is 11.5. The van der Waals surface area contributed by atoms with Crippen molar-refractivity contribution in [2.45, 2.75) is 76.8 Å². The number of carbonyl (C=O) groups excluding carboxylic acids is 1. The smallest absolute Gasteiger partial charge is 0.407 e. The molecular formula is C22H42IN5O2. The Morgan fingerprint density at radius 3 is 2.40 bits per heavy atom. The second-order valence-electron chi connectivity index (χ2n) is 8.99. The van der Waals surface area contributed by atoms with Crippen LogP contribution in [-0.4, -0.2) is 68.9 Å². The number of guanidine groups is 1. The van der Waals surface area contributed by atoms with Crippen molar-refractivity contribution in [3.05, 3.63) is 0 Å². The molecule has 8 heteroatoms. The molecule has 0 aromatic heterocycles. The number of hydrogen-bond acceptors (Lipinski definition) is 4. The number of nitrogens with one attached hydrogen (secondary N) is 3. The molecule has 0 radical (unpaired) electrons. The Morgan fingerprint density at radius 2 is 1.80 bits per heavy atom. The van der Waals surface area contributed by atoms with Crippen LogP contribution in [0.25, 0.3) is 0 Å². The molecular weight excluding hydrogens is 493 g/mol. The first-order valence-corrected chi connectivity index (χ1v) is 11.8. The van der Waals surface area contributed by atoms with Gasteiger partial charge in [0.1, 0.15) is 0 Å². The van der Waals surface area contributed by atoms with Gasteiger partial charge in [-0.3, -0.25) is 4.99 Å². The molecule has 7 nitrogen and oxygen atoms in total. The van der Waals surface area contributed by atoms with Crippen LogP contribution < -0.4 is 16.0 Å². The van der Waals surface area contributed by atoms with Crippen molar-refractivity contribution >= 4 is 36.0 Å². The van der Waals surface area contributed by atoms with E-state index in [1.54, 1.807) is 0 Å². The minimum atomic E-state index is -0.320. The number of aliphatic imine (C=N–C) groups is 1. The highest BCUT2D eigenvalue weighted by Crippen LogP contribution is 2.32. The van der Waals surface area contributed by atoms with E-state index in [0.29, 0.717) is 25.1 Å². The van der Waals surface area contributed by atoms with Gasteiger partial charge in [0.25, 0.3) is 0 Å². The molecule has 2 aliphatic carbocycles. The van der Waals surface area contributed by atoms with Crippen molar-refractivity contribution in [1.82, 2.24) is 20.9 Å². The van der Waals surface area contributed by atoms with Gasteiger partial charge in [0, 0.05) is 39.3 Å². The monoisotopic (exact) mass is 535 g/mol. The van der Waals surface area contributed by atoms with E-state index < -0.39 is 0 Å². The number of rotatable bonds is 8. The highest BCUT2D eigenvalue weighted by molar-refractivity contribution is 14.0. The van der Waals surface area contributed by atoms with Gasteiger partial charge in [-0.05, 0) is 57.3 Å². The first-order chi connectivity index (χ1) is 14.2. The molecule has 174 valence electrons. The zero-order valence-corrected chi connectivity index (χ0v) is 21.2. The summed E-state index contributed by atoms with van der Waals surface area (Å²) < 4.78 is 5.04. The molecule has 3 fully saturated rings. The van der Waals surface area contributed by atoms with Crippen LogP contribution in [0.4, 0.5) is 4.79 Å². The fourth-order valence-electron chi connectivity index (χ4n) is 4.75. The van der Waals surface area contributed by atoms with Gasteiger partial charge in [-0.15, -0.1) is 24.0 Å². The van der Waals surface area contributed by atoms with Gasteiger partial charge >= 0.3 is 6.09 Å². The van der Waals surface area contributed by atoms with Gasteiger partial charge < -0.3 is 25.6 Å². The quantitative estimate of drug-likeness (QED) is 0.253. The van der Waals surface area contributed by atoms with Crippen molar-refractivity contribution in [3.63, 3.8) is 0 Å². The van der Waals surface area contributed by atoms with Crippen LogP contribution in [-0.2, 0) is 4.74 Å².